The summed E-state index contributed by atoms with van der Waals surface area (Å²) in [6.45, 7) is 0. The van der Waals surface area contributed by atoms with Gasteiger partial charge in [-0.3, -0.25) is 0 Å². The van der Waals surface area contributed by atoms with Crippen molar-refractivity contribution < 1.29 is 4.79 Å². The molecule has 1 heterocycles. The molecular formula is C11H13BrOS. The van der Waals surface area contributed by atoms with Crippen molar-refractivity contribution in [2.45, 2.75) is 32.1 Å². The van der Waals surface area contributed by atoms with Gasteiger partial charge in [-0.1, -0.05) is 12.8 Å². The molecule has 0 bridgehead atoms. The molecule has 0 saturated heterocycles. The SMILES string of the molecule is O=CC1(Cc2ccsc2Br)CCCC1. The number of halogens is 1. The summed E-state index contributed by atoms with van der Waals surface area (Å²) in [5, 5.41) is 2.08. The van der Waals surface area contributed by atoms with Crippen LogP contribution in [0.3, 0.4) is 0 Å². The van der Waals surface area contributed by atoms with Gasteiger partial charge in [0.2, 0.25) is 0 Å². The Kier molecular flexibility index (Phi) is 3.07. The van der Waals surface area contributed by atoms with Crippen LogP contribution in [0.2, 0.25) is 0 Å². The Morgan fingerprint density at radius 1 is 1.50 bits per heavy atom. The highest BCUT2D eigenvalue weighted by atomic mass is 79.9. The number of rotatable bonds is 3. The highest BCUT2D eigenvalue weighted by Crippen LogP contribution is 2.41. The normalized spacial score (nSPS) is 19.8. The van der Waals surface area contributed by atoms with Gasteiger partial charge < -0.3 is 4.79 Å². The standard InChI is InChI=1S/C11H13BrOS/c12-10-9(3-6-14-10)7-11(8-13)4-1-2-5-11/h3,6,8H,1-2,4-5,7H2. The third-order valence-electron chi connectivity index (χ3n) is 3.09. The molecule has 0 amide bonds. The zero-order chi connectivity index (χ0) is 10.0. The third kappa shape index (κ3) is 1.94. The lowest BCUT2D eigenvalue weighted by atomic mass is 9.82. The minimum absolute atomic E-state index is 0.0520. The molecule has 1 fully saturated rings. The minimum Gasteiger partial charge on any atom is -0.303 e. The first kappa shape index (κ1) is 10.4. The lowest BCUT2D eigenvalue weighted by Crippen LogP contribution is -2.21. The third-order valence-corrected chi connectivity index (χ3v) is 4.90. The number of hydrogen-bond acceptors (Lipinski definition) is 2. The van der Waals surface area contributed by atoms with E-state index in [2.05, 4.69) is 27.4 Å². The molecule has 1 aromatic heterocycles. The van der Waals surface area contributed by atoms with Crippen LogP contribution in [0.4, 0.5) is 0 Å². The second-order valence-corrected chi connectivity index (χ2v) is 6.32. The molecule has 0 atom stereocenters. The van der Waals surface area contributed by atoms with Crippen molar-refractivity contribution in [1.29, 1.82) is 0 Å². The van der Waals surface area contributed by atoms with Crippen LogP contribution in [0.25, 0.3) is 0 Å². The zero-order valence-corrected chi connectivity index (χ0v) is 10.4. The van der Waals surface area contributed by atoms with Crippen LogP contribution < -0.4 is 0 Å². The van der Waals surface area contributed by atoms with E-state index in [4.69, 9.17) is 0 Å². The maximum atomic E-state index is 11.2. The lowest BCUT2D eigenvalue weighted by molar-refractivity contribution is -0.115. The Morgan fingerprint density at radius 2 is 2.21 bits per heavy atom. The molecule has 1 aliphatic carbocycles. The molecule has 0 aliphatic heterocycles. The molecule has 0 spiro atoms. The van der Waals surface area contributed by atoms with Gasteiger partial charge in [-0.25, -0.2) is 0 Å². The molecule has 1 saturated carbocycles. The largest absolute Gasteiger partial charge is 0.303 e. The summed E-state index contributed by atoms with van der Waals surface area (Å²) in [5.41, 5.74) is 1.24. The Labute approximate surface area is 96.6 Å². The molecule has 0 radical (unpaired) electrons. The van der Waals surface area contributed by atoms with Crippen LogP contribution in [0, 0.1) is 5.41 Å². The van der Waals surface area contributed by atoms with E-state index in [-0.39, 0.29) is 5.41 Å². The summed E-state index contributed by atoms with van der Waals surface area (Å²) in [6.07, 6.45) is 6.66. The van der Waals surface area contributed by atoms with Gasteiger partial charge in [0.1, 0.15) is 6.29 Å². The van der Waals surface area contributed by atoms with E-state index in [1.165, 1.54) is 28.5 Å². The van der Waals surface area contributed by atoms with Gasteiger partial charge in [0.15, 0.2) is 0 Å². The van der Waals surface area contributed by atoms with Crippen molar-refractivity contribution in [1.82, 2.24) is 0 Å². The first-order chi connectivity index (χ1) is 6.76. The average molecular weight is 273 g/mol. The zero-order valence-electron chi connectivity index (χ0n) is 7.96. The molecule has 3 heteroatoms. The van der Waals surface area contributed by atoms with E-state index in [0.29, 0.717) is 0 Å². The average Bonchev–Trinajstić information content (AvgIpc) is 2.79. The second-order valence-electron chi connectivity index (χ2n) is 4.08. The Morgan fingerprint density at radius 3 is 2.71 bits per heavy atom. The summed E-state index contributed by atoms with van der Waals surface area (Å²) < 4.78 is 1.19. The van der Waals surface area contributed by atoms with Crippen molar-refractivity contribution in [3.8, 4) is 0 Å². The predicted octanol–water partition coefficient (Wildman–Crippen LogP) is 3.81. The minimum atomic E-state index is -0.0520. The van der Waals surface area contributed by atoms with Crippen molar-refractivity contribution in [3.63, 3.8) is 0 Å². The number of thiophene rings is 1. The van der Waals surface area contributed by atoms with Crippen LogP contribution in [0.1, 0.15) is 31.2 Å². The number of hydrogen-bond donors (Lipinski definition) is 0. The van der Waals surface area contributed by atoms with Crippen LogP contribution in [0.15, 0.2) is 15.2 Å². The van der Waals surface area contributed by atoms with Gasteiger partial charge in [-0.15, -0.1) is 11.3 Å². The van der Waals surface area contributed by atoms with Crippen molar-refractivity contribution in [2.24, 2.45) is 5.41 Å². The van der Waals surface area contributed by atoms with E-state index >= 15 is 0 Å². The van der Waals surface area contributed by atoms with Gasteiger partial charge >= 0.3 is 0 Å². The first-order valence-corrected chi connectivity index (χ1v) is 6.61. The van der Waals surface area contributed by atoms with Crippen molar-refractivity contribution in [2.75, 3.05) is 0 Å². The summed E-state index contributed by atoms with van der Waals surface area (Å²) in [7, 11) is 0. The van der Waals surface area contributed by atoms with Gasteiger partial charge in [0.05, 0.1) is 3.79 Å². The highest BCUT2D eigenvalue weighted by molar-refractivity contribution is 9.11. The Hall–Kier alpha value is -0.150. The Bertz CT molecular complexity index is 326. The monoisotopic (exact) mass is 272 g/mol. The molecule has 0 aromatic carbocycles. The van der Waals surface area contributed by atoms with E-state index in [1.807, 2.05) is 0 Å². The Balaban J connectivity index is 2.16. The maximum absolute atomic E-state index is 11.2. The van der Waals surface area contributed by atoms with Crippen LogP contribution in [-0.2, 0) is 11.2 Å². The molecule has 0 N–H and O–H groups in total. The summed E-state index contributed by atoms with van der Waals surface area (Å²) >= 11 is 5.23. The van der Waals surface area contributed by atoms with Gasteiger partial charge in [0, 0.05) is 5.41 Å². The molecule has 0 unspecified atom stereocenters. The van der Waals surface area contributed by atoms with Gasteiger partial charge in [0.25, 0.3) is 0 Å². The van der Waals surface area contributed by atoms with E-state index in [1.54, 1.807) is 11.3 Å². The quantitative estimate of drug-likeness (QED) is 0.765. The van der Waals surface area contributed by atoms with Gasteiger partial charge in [-0.2, -0.15) is 0 Å². The summed E-state index contributed by atoms with van der Waals surface area (Å²) in [5.74, 6) is 0. The molecule has 14 heavy (non-hydrogen) atoms. The molecule has 1 aromatic rings. The van der Waals surface area contributed by atoms with Crippen molar-refractivity contribution >= 4 is 33.6 Å². The topological polar surface area (TPSA) is 17.1 Å². The fraction of sp³-hybridized carbons (Fsp3) is 0.545. The fourth-order valence-electron chi connectivity index (χ4n) is 2.24. The van der Waals surface area contributed by atoms with E-state index in [9.17, 15) is 4.79 Å². The highest BCUT2D eigenvalue weighted by Gasteiger charge is 2.34. The second kappa shape index (κ2) is 4.15. The number of carbonyl (C=O) groups is 1. The number of aldehydes is 1. The van der Waals surface area contributed by atoms with Crippen molar-refractivity contribution in [3.05, 3.63) is 20.8 Å². The van der Waals surface area contributed by atoms with Gasteiger partial charge in [-0.05, 0) is 52.2 Å². The number of carbonyl (C=O) groups excluding carboxylic acids is 1. The van der Waals surface area contributed by atoms with E-state index in [0.717, 1.165) is 19.3 Å². The van der Waals surface area contributed by atoms with Crippen LogP contribution in [-0.4, -0.2) is 6.29 Å². The molecule has 1 aliphatic rings. The summed E-state index contributed by atoms with van der Waals surface area (Å²) in [4.78, 5) is 11.2. The fourth-order valence-corrected chi connectivity index (χ4v) is 3.48. The molecular weight excluding hydrogens is 260 g/mol. The maximum Gasteiger partial charge on any atom is 0.126 e. The smallest absolute Gasteiger partial charge is 0.126 e. The lowest BCUT2D eigenvalue weighted by Gasteiger charge is -2.21. The molecule has 76 valence electrons. The van der Waals surface area contributed by atoms with E-state index < -0.39 is 0 Å². The molecule has 2 rings (SSSR count). The predicted molar refractivity (Wildman–Crippen MR) is 62.7 cm³/mol. The molecule has 1 nitrogen and oxygen atoms in total. The summed E-state index contributed by atoms with van der Waals surface area (Å²) in [6, 6.07) is 2.12. The first-order valence-electron chi connectivity index (χ1n) is 4.94. The van der Waals surface area contributed by atoms with Crippen LogP contribution in [0.5, 0.6) is 0 Å². The van der Waals surface area contributed by atoms with Crippen LogP contribution >= 0.6 is 27.3 Å².